The van der Waals surface area contributed by atoms with Crippen LogP contribution < -0.4 is 10.1 Å². The molecule has 0 amide bonds. The van der Waals surface area contributed by atoms with Crippen LogP contribution in [0.15, 0.2) is 34.8 Å². The summed E-state index contributed by atoms with van der Waals surface area (Å²) >= 11 is 9.01. The minimum absolute atomic E-state index is 0.184. The number of hydrogen-bond donors (Lipinski definition) is 1. The minimum atomic E-state index is -1.03. The fourth-order valence-corrected chi connectivity index (χ4v) is 2.30. The number of nitrogens with one attached hydrogen (secondary N) is 1. The molecule has 2 aromatic rings. The maximum atomic E-state index is 13.7. The van der Waals surface area contributed by atoms with Crippen molar-refractivity contribution in [1.29, 1.82) is 0 Å². The van der Waals surface area contributed by atoms with E-state index in [0.717, 1.165) is 11.6 Å². The van der Waals surface area contributed by atoms with Crippen molar-refractivity contribution in [3.05, 3.63) is 57.0 Å². The first-order chi connectivity index (χ1) is 9.51. The van der Waals surface area contributed by atoms with E-state index in [1.807, 2.05) is 0 Å². The molecule has 0 radical (unpaired) electrons. The van der Waals surface area contributed by atoms with E-state index in [9.17, 15) is 8.78 Å². The molecule has 2 rings (SSSR count). The maximum Gasteiger partial charge on any atom is 0.201 e. The number of hydrogen-bond acceptors (Lipinski definition) is 2. The zero-order chi connectivity index (χ0) is 14.7. The molecule has 6 heteroatoms. The molecule has 20 heavy (non-hydrogen) atoms. The third kappa shape index (κ3) is 3.48. The topological polar surface area (TPSA) is 21.3 Å². The molecule has 1 N–H and O–H groups in total. The summed E-state index contributed by atoms with van der Waals surface area (Å²) in [5.74, 6) is -1.77. The highest BCUT2D eigenvalue weighted by Crippen LogP contribution is 2.32. The highest BCUT2D eigenvalue weighted by atomic mass is 79.9. The monoisotopic (exact) mass is 361 g/mol. The summed E-state index contributed by atoms with van der Waals surface area (Å²) in [6.07, 6.45) is 0. The molecule has 0 aliphatic carbocycles. The Morgan fingerprint density at radius 1 is 1.20 bits per heavy atom. The van der Waals surface area contributed by atoms with Crippen LogP contribution >= 0.6 is 27.5 Å². The summed E-state index contributed by atoms with van der Waals surface area (Å²) < 4.78 is 32.9. The highest BCUT2D eigenvalue weighted by molar-refractivity contribution is 9.10. The molecule has 2 aromatic carbocycles. The smallest absolute Gasteiger partial charge is 0.201 e. The lowest BCUT2D eigenvalue weighted by Crippen LogP contribution is -2.06. The fraction of sp³-hybridized carbons (Fsp3) is 0.143. The van der Waals surface area contributed by atoms with Crippen molar-refractivity contribution in [2.24, 2.45) is 0 Å². The summed E-state index contributed by atoms with van der Waals surface area (Å²) in [4.78, 5) is 0. The third-order valence-corrected chi connectivity index (χ3v) is 3.26. The quantitative estimate of drug-likeness (QED) is 0.782. The first-order valence-electron chi connectivity index (χ1n) is 5.76. The molecule has 2 nitrogen and oxygen atoms in total. The summed E-state index contributed by atoms with van der Waals surface area (Å²) in [6.45, 7) is 0.494. The van der Waals surface area contributed by atoms with Gasteiger partial charge in [-0.15, -0.1) is 0 Å². The first kappa shape index (κ1) is 15.2. The van der Waals surface area contributed by atoms with E-state index < -0.39 is 11.6 Å². The Labute approximate surface area is 128 Å². The standard InChI is InChI=1S/C14H11BrClF2NO/c1-19-7-8-4-10(16)2-3-12(8)20-13-6-9(15)5-11(17)14(13)18/h2-6,19H,7H2,1H3. The van der Waals surface area contributed by atoms with E-state index in [2.05, 4.69) is 21.2 Å². The van der Waals surface area contributed by atoms with Gasteiger partial charge in [-0.3, -0.25) is 0 Å². The van der Waals surface area contributed by atoms with Crippen LogP contribution in [0.25, 0.3) is 0 Å². The Hall–Kier alpha value is -1.17. The van der Waals surface area contributed by atoms with Crippen molar-refractivity contribution in [2.75, 3.05) is 7.05 Å². The van der Waals surface area contributed by atoms with Crippen molar-refractivity contribution in [3.63, 3.8) is 0 Å². The normalized spacial score (nSPS) is 10.7. The zero-order valence-electron chi connectivity index (χ0n) is 10.5. The molecule has 0 heterocycles. The van der Waals surface area contributed by atoms with Gasteiger partial charge in [-0.2, -0.15) is 4.39 Å². The highest BCUT2D eigenvalue weighted by Gasteiger charge is 2.14. The van der Waals surface area contributed by atoms with Crippen molar-refractivity contribution < 1.29 is 13.5 Å². The van der Waals surface area contributed by atoms with Gasteiger partial charge in [0.05, 0.1) is 0 Å². The van der Waals surface area contributed by atoms with Crippen LogP contribution in [0.5, 0.6) is 11.5 Å². The van der Waals surface area contributed by atoms with Crippen molar-refractivity contribution in [2.45, 2.75) is 6.54 Å². The number of rotatable bonds is 4. The lowest BCUT2D eigenvalue weighted by Gasteiger charge is -2.12. The van der Waals surface area contributed by atoms with Gasteiger partial charge in [0.25, 0.3) is 0 Å². The second-order valence-electron chi connectivity index (χ2n) is 4.08. The largest absolute Gasteiger partial charge is 0.454 e. The summed E-state index contributed by atoms with van der Waals surface area (Å²) in [5.41, 5.74) is 0.750. The van der Waals surface area contributed by atoms with E-state index in [4.69, 9.17) is 16.3 Å². The van der Waals surface area contributed by atoms with Crippen LogP contribution in [0, 0.1) is 11.6 Å². The Morgan fingerprint density at radius 3 is 2.65 bits per heavy atom. The van der Waals surface area contributed by atoms with Crippen LogP contribution in [0.1, 0.15) is 5.56 Å². The molecule has 0 unspecified atom stereocenters. The molecule has 0 saturated heterocycles. The van der Waals surface area contributed by atoms with Gasteiger partial charge in [-0.05, 0) is 37.4 Å². The average Bonchev–Trinajstić information content (AvgIpc) is 2.38. The van der Waals surface area contributed by atoms with Gasteiger partial charge in [0.15, 0.2) is 11.6 Å². The Balaban J connectivity index is 2.39. The van der Waals surface area contributed by atoms with Crippen LogP contribution in [-0.4, -0.2) is 7.05 Å². The predicted octanol–water partition coefficient (Wildman–Crippen LogP) is 4.89. The number of benzene rings is 2. The van der Waals surface area contributed by atoms with Gasteiger partial charge in [-0.25, -0.2) is 4.39 Å². The predicted molar refractivity (Wildman–Crippen MR) is 78.3 cm³/mol. The Bertz CT molecular complexity index is 637. The van der Waals surface area contributed by atoms with Gasteiger partial charge in [-0.1, -0.05) is 27.5 Å². The molecule has 0 spiro atoms. The molecule has 106 valence electrons. The van der Waals surface area contributed by atoms with Gasteiger partial charge in [0.2, 0.25) is 5.82 Å². The molecule has 0 aromatic heterocycles. The van der Waals surface area contributed by atoms with Gasteiger partial charge in [0, 0.05) is 21.6 Å². The lowest BCUT2D eigenvalue weighted by molar-refractivity contribution is 0.411. The van der Waals surface area contributed by atoms with Crippen molar-refractivity contribution in [1.82, 2.24) is 5.32 Å². The lowest BCUT2D eigenvalue weighted by atomic mass is 10.2. The molecular weight excluding hydrogens is 352 g/mol. The Kier molecular flexibility index (Phi) is 4.96. The molecule has 0 aliphatic rings. The summed E-state index contributed by atoms with van der Waals surface area (Å²) in [6, 6.07) is 7.37. The maximum absolute atomic E-state index is 13.7. The summed E-state index contributed by atoms with van der Waals surface area (Å²) in [5, 5.41) is 3.50. The number of ether oxygens (including phenoxy) is 1. The first-order valence-corrected chi connectivity index (χ1v) is 6.93. The van der Waals surface area contributed by atoms with E-state index in [-0.39, 0.29) is 5.75 Å². The zero-order valence-corrected chi connectivity index (χ0v) is 12.9. The van der Waals surface area contributed by atoms with Crippen LogP contribution in [0.4, 0.5) is 8.78 Å². The third-order valence-electron chi connectivity index (χ3n) is 2.57. The molecule has 0 fully saturated rings. The number of halogens is 4. The van der Waals surface area contributed by atoms with Crippen molar-refractivity contribution >= 4 is 27.5 Å². The van der Waals surface area contributed by atoms with Crippen LogP contribution in [-0.2, 0) is 6.54 Å². The Morgan fingerprint density at radius 2 is 1.95 bits per heavy atom. The second kappa shape index (κ2) is 6.52. The van der Waals surface area contributed by atoms with E-state index in [1.54, 1.807) is 25.2 Å². The van der Waals surface area contributed by atoms with Crippen molar-refractivity contribution in [3.8, 4) is 11.5 Å². The molecule has 0 atom stereocenters. The van der Waals surface area contributed by atoms with E-state index in [0.29, 0.717) is 21.8 Å². The van der Waals surface area contributed by atoms with E-state index in [1.165, 1.54) is 6.07 Å². The average molecular weight is 363 g/mol. The molecule has 0 bridgehead atoms. The summed E-state index contributed by atoms with van der Waals surface area (Å²) in [7, 11) is 1.77. The molecular formula is C14H11BrClF2NO. The minimum Gasteiger partial charge on any atom is -0.454 e. The SMILES string of the molecule is CNCc1cc(Cl)ccc1Oc1cc(Br)cc(F)c1F. The van der Waals surface area contributed by atoms with E-state index >= 15 is 0 Å². The van der Waals surface area contributed by atoms with Crippen LogP contribution in [0.3, 0.4) is 0 Å². The second-order valence-corrected chi connectivity index (χ2v) is 5.44. The molecule has 0 aliphatic heterocycles. The van der Waals surface area contributed by atoms with Gasteiger partial charge >= 0.3 is 0 Å². The van der Waals surface area contributed by atoms with Crippen LogP contribution in [0.2, 0.25) is 5.02 Å². The fourth-order valence-electron chi connectivity index (χ4n) is 1.70. The molecule has 0 saturated carbocycles. The van der Waals surface area contributed by atoms with Gasteiger partial charge < -0.3 is 10.1 Å². The van der Waals surface area contributed by atoms with Gasteiger partial charge in [0.1, 0.15) is 5.75 Å².